The number of hydrogen-bond acceptors (Lipinski definition) is 3. The van der Waals surface area contributed by atoms with Gasteiger partial charge in [0.1, 0.15) is 11.6 Å². The quantitative estimate of drug-likeness (QED) is 0.468. The van der Waals surface area contributed by atoms with Crippen LogP contribution in [0.2, 0.25) is 5.02 Å². The van der Waals surface area contributed by atoms with Crippen LogP contribution >= 0.6 is 11.6 Å². The monoisotopic (exact) mass is 242 g/mol. The zero-order valence-electron chi connectivity index (χ0n) is 9.33. The molecule has 1 aromatic heterocycles. The second-order valence-corrected chi connectivity index (χ2v) is 3.30. The number of rotatable bonds is 4. The summed E-state index contributed by atoms with van der Waals surface area (Å²) in [5.41, 5.74) is 0. The van der Waals surface area contributed by atoms with Crippen LogP contribution in [0.25, 0.3) is 0 Å². The minimum atomic E-state index is 0.449. The minimum absolute atomic E-state index is 0.449. The van der Waals surface area contributed by atoms with Gasteiger partial charge in [-0.2, -0.15) is 0 Å². The Morgan fingerprint density at radius 2 is 2.44 bits per heavy atom. The maximum atomic E-state index is 5.88. The maximum absolute atomic E-state index is 5.88. The molecule has 5 nitrogen and oxygen atoms in total. The molecule has 0 radical (unpaired) electrons. The second-order valence-electron chi connectivity index (χ2n) is 2.89. The van der Waals surface area contributed by atoms with E-state index < -0.39 is 0 Å². The van der Waals surface area contributed by atoms with Gasteiger partial charge in [-0.15, -0.1) is 0 Å². The highest BCUT2D eigenvalue weighted by atomic mass is 35.5. The van der Waals surface area contributed by atoms with Crippen LogP contribution in [0.5, 0.6) is 5.88 Å². The third-order valence-electron chi connectivity index (χ3n) is 1.82. The van der Waals surface area contributed by atoms with E-state index >= 15 is 0 Å². The Labute approximate surface area is 99.9 Å². The highest BCUT2D eigenvalue weighted by Gasteiger charge is 2.00. The number of pyridine rings is 1. The first-order valence-electron chi connectivity index (χ1n) is 4.89. The molecule has 6 heteroatoms. The highest BCUT2D eigenvalue weighted by molar-refractivity contribution is 6.31. The van der Waals surface area contributed by atoms with Crippen molar-refractivity contribution in [1.82, 2.24) is 15.6 Å². The van der Waals surface area contributed by atoms with Crippen LogP contribution in [-0.2, 0) is 0 Å². The van der Waals surface area contributed by atoms with E-state index in [1.165, 1.54) is 0 Å². The number of aromatic nitrogens is 1. The third-order valence-corrected chi connectivity index (χ3v) is 2.11. The van der Waals surface area contributed by atoms with Crippen LogP contribution < -0.4 is 15.4 Å². The van der Waals surface area contributed by atoms with Gasteiger partial charge in [-0.1, -0.05) is 11.6 Å². The molecule has 16 heavy (non-hydrogen) atoms. The number of aliphatic imine (C=N–C) groups is 1. The third kappa shape index (κ3) is 3.94. The van der Waals surface area contributed by atoms with Crippen molar-refractivity contribution in [2.24, 2.45) is 4.99 Å². The molecule has 0 amide bonds. The van der Waals surface area contributed by atoms with Gasteiger partial charge in [-0.25, -0.2) is 4.98 Å². The number of nitrogens with one attached hydrogen (secondary N) is 2. The molecule has 2 N–H and O–H groups in total. The number of hydrogen-bond donors (Lipinski definition) is 2. The molecule has 1 aromatic rings. The van der Waals surface area contributed by atoms with Crippen molar-refractivity contribution in [3.63, 3.8) is 0 Å². The van der Waals surface area contributed by atoms with Crippen LogP contribution in [0.15, 0.2) is 23.3 Å². The van der Waals surface area contributed by atoms with Crippen molar-refractivity contribution in [3.8, 4) is 5.88 Å². The first kappa shape index (κ1) is 12.6. The Kier molecular flexibility index (Phi) is 5.42. The fourth-order valence-corrected chi connectivity index (χ4v) is 1.25. The summed E-state index contributed by atoms with van der Waals surface area (Å²) in [5.74, 6) is 1.17. The van der Waals surface area contributed by atoms with E-state index in [2.05, 4.69) is 20.6 Å². The smallest absolute Gasteiger partial charge is 0.232 e. The Hall–Kier alpha value is -1.49. The maximum Gasteiger partial charge on any atom is 0.232 e. The van der Waals surface area contributed by atoms with Gasteiger partial charge in [0.2, 0.25) is 5.88 Å². The normalized spacial score (nSPS) is 11.1. The fourth-order valence-electron chi connectivity index (χ4n) is 1.07. The summed E-state index contributed by atoms with van der Waals surface area (Å²) >= 11 is 5.88. The van der Waals surface area contributed by atoms with E-state index in [4.69, 9.17) is 16.3 Å². The summed E-state index contributed by atoms with van der Waals surface area (Å²) < 4.78 is 5.39. The number of guanidine groups is 1. The molecule has 1 heterocycles. The Bertz CT molecular complexity index is 356. The molecule has 0 saturated carbocycles. The van der Waals surface area contributed by atoms with E-state index in [0.717, 1.165) is 5.96 Å². The molecule has 0 spiro atoms. The largest absolute Gasteiger partial charge is 0.475 e. The van der Waals surface area contributed by atoms with E-state index in [-0.39, 0.29) is 0 Å². The lowest BCUT2D eigenvalue weighted by Gasteiger charge is -2.09. The van der Waals surface area contributed by atoms with Gasteiger partial charge in [0, 0.05) is 20.3 Å². The SMILES string of the molecule is CN=C(NC)NCCOc1ncccc1Cl. The average Bonchev–Trinajstić information content (AvgIpc) is 2.31. The molecular weight excluding hydrogens is 228 g/mol. The molecule has 0 fully saturated rings. The molecule has 0 aliphatic heterocycles. The summed E-state index contributed by atoms with van der Waals surface area (Å²) in [6.45, 7) is 1.10. The van der Waals surface area contributed by atoms with E-state index in [1.54, 1.807) is 32.4 Å². The van der Waals surface area contributed by atoms with Gasteiger partial charge in [-0.3, -0.25) is 4.99 Å². The standard InChI is InChI=1S/C10H15ClN4O/c1-12-10(13-2)15-6-7-16-9-8(11)4-3-5-14-9/h3-5H,6-7H2,1-2H3,(H2,12,13,15). The lowest BCUT2D eigenvalue weighted by Crippen LogP contribution is -2.37. The molecule has 0 bridgehead atoms. The van der Waals surface area contributed by atoms with Crippen LogP contribution in [0, 0.1) is 0 Å². The van der Waals surface area contributed by atoms with Gasteiger partial charge in [0.15, 0.2) is 5.96 Å². The molecule has 0 saturated heterocycles. The highest BCUT2D eigenvalue weighted by Crippen LogP contribution is 2.19. The number of nitrogens with zero attached hydrogens (tertiary/aromatic N) is 2. The van der Waals surface area contributed by atoms with Crippen molar-refractivity contribution >= 4 is 17.6 Å². The Balaban J connectivity index is 2.29. The summed E-state index contributed by atoms with van der Waals surface area (Å²) in [5, 5.41) is 6.47. The van der Waals surface area contributed by atoms with Gasteiger partial charge < -0.3 is 15.4 Å². The second kappa shape index (κ2) is 6.90. The van der Waals surface area contributed by atoms with Crippen molar-refractivity contribution in [2.45, 2.75) is 0 Å². The fraction of sp³-hybridized carbons (Fsp3) is 0.400. The van der Waals surface area contributed by atoms with Crippen LogP contribution in [0.1, 0.15) is 0 Å². The number of ether oxygens (including phenoxy) is 1. The van der Waals surface area contributed by atoms with Gasteiger partial charge in [-0.05, 0) is 12.1 Å². The Morgan fingerprint density at radius 3 is 3.06 bits per heavy atom. The summed E-state index contributed by atoms with van der Waals surface area (Å²) in [7, 11) is 3.50. The molecule has 0 atom stereocenters. The minimum Gasteiger partial charge on any atom is -0.475 e. The zero-order valence-corrected chi connectivity index (χ0v) is 10.1. The number of halogens is 1. The summed E-state index contributed by atoms with van der Waals surface area (Å²) in [6, 6.07) is 3.50. The van der Waals surface area contributed by atoms with Crippen LogP contribution in [0.4, 0.5) is 0 Å². The van der Waals surface area contributed by atoms with Gasteiger partial charge in [0.05, 0.1) is 6.54 Å². The molecule has 0 aromatic carbocycles. The first-order valence-corrected chi connectivity index (χ1v) is 5.27. The summed E-state index contributed by atoms with van der Waals surface area (Å²) in [4.78, 5) is 7.97. The molecule has 88 valence electrons. The first-order chi connectivity index (χ1) is 7.77. The van der Waals surface area contributed by atoms with Crippen molar-refractivity contribution in [3.05, 3.63) is 23.4 Å². The van der Waals surface area contributed by atoms with Crippen molar-refractivity contribution in [2.75, 3.05) is 27.2 Å². The molecular formula is C10H15ClN4O. The molecule has 0 aliphatic carbocycles. The van der Waals surface area contributed by atoms with Crippen molar-refractivity contribution in [1.29, 1.82) is 0 Å². The zero-order chi connectivity index (χ0) is 11.8. The lowest BCUT2D eigenvalue weighted by atomic mass is 10.5. The predicted octanol–water partition coefficient (Wildman–Crippen LogP) is 0.909. The van der Waals surface area contributed by atoms with E-state index in [9.17, 15) is 0 Å². The van der Waals surface area contributed by atoms with E-state index in [0.29, 0.717) is 24.1 Å². The predicted molar refractivity (Wildman–Crippen MR) is 65.2 cm³/mol. The van der Waals surface area contributed by atoms with Gasteiger partial charge >= 0.3 is 0 Å². The lowest BCUT2D eigenvalue weighted by molar-refractivity contribution is 0.310. The average molecular weight is 243 g/mol. The summed E-state index contributed by atoms with van der Waals surface area (Å²) in [6.07, 6.45) is 1.64. The Morgan fingerprint density at radius 1 is 1.62 bits per heavy atom. The molecule has 0 aliphatic rings. The van der Waals surface area contributed by atoms with Gasteiger partial charge in [0.25, 0.3) is 0 Å². The van der Waals surface area contributed by atoms with Crippen LogP contribution in [0.3, 0.4) is 0 Å². The molecule has 0 unspecified atom stereocenters. The van der Waals surface area contributed by atoms with E-state index in [1.807, 2.05) is 0 Å². The molecule has 1 rings (SSSR count). The van der Waals surface area contributed by atoms with Crippen molar-refractivity contribution < 1.29 is 4.74 Å². The topological polar surface area (TPSA) is 58.5 Å². The van der Waals surface area contributed by atoms with Crippen LogP contribution in [-0.4, -0.2) is 38.2 Å².